The Morgan fingerprint density at radius 2 is 0.787 bits per heavy atom. The molecular formula is C71H125NO8. The number of allylic oxidation sites excluding steroid dienone is 15. The largest absolute Gasteiger partial charge is 0.394 e. The smallest absolute Gasteiger partial charge is 0.220 e. The highest BCUT2D eigenvalue weighted by molar-refractivity contribution is 5.76. The fraction of sp³-hybridized carbons (Fsp3) is 0.761. The molecule has 0 aromatic carbocycles. The van der Waals surface area contributed by atoms with Crippen molar-refractivity contribution in [2.24, 2.45) is 0 Å². The Bertz CT molecular complexity index is 1580. The van der Waals surface area contributed by atoms with Crippen LogP contribution in [0, 0.1) is 0 Å². The first-order chi connectivity index (χ1) is 39.3. The zero-order chi connectivity index (χ0) is 57.9. The van der Waals surface area contributed by atoms with Gasteiger partial charge in [-0.2, -0.15) is 0 Å². The van der Waals surface area contributed by atoms with Crippen LogP contribution >= 0.6 is 0 Å². The fourth-order valence-corrected chi connectivity index (χ4v) is 10.2. The number of aliphatic hydroxyl groups is 5. The minimum Gasteiger partial charge on any atom is -0.394 e. The molecule has 1 heterocycles. The number of hydrogen-bond acceptors (Lipinski definition) is 8. The second-order valence-electron chi connectivity index (χ2n) is 22.9. The normalized spacial score (nSPS) is 19.1. The van der Waals surface area contributed by atoms with Crippen molar-refractivity contribution in [1.82, 2.24) is 5.32 Å². The van der Waals surface area contributed by atoms with Crippen LogP contribution < -0.4 is 5.32 Å². The Morgan fingerprint density at radius 3 is 1.20 bits per heavy atom. The lowest BCUT2D eigenvalue weighted by Gasteiger charge is -2.40. The number of amides is 1. The van der Waals surface area contributed by atoms with Gasteiger partial charge >= 0.3 is 0 Å². The monoisotopic (exact) mass is 1120 g/mol. The van der Waals surface area contributed by atoms with Gasteiger partial charge in [0.2, 0.25) is 5.91 Å². The van der Waals surface area contributed by atoms with Crippen LogP contribution in [0.3, 0.4) is 0 Å². The molecule has 7 atom stereocenters. The molecule has 0 aromatic heterocycles. The van der Waals surface area contributed by atoms with E-state index in [-0.39, 0.29) is 12.5 Å². The minimum absolute atomic E-state index is 0.190. The third-order valence-electron chi connectivity index (χ3n) is 15.4. The van der Waals surface area contributed by atoms with Crippen LogP contribution in [0.1, 0.15) is 290 Å². The van der Waals surface area contributed by atoms with Crippen LogP contribution in [0.4, 0.5) is 0 Å². The number of unbranched alkanes of at least 4 members (excludes halogenated alkanes) is 33. The zero-order valence-corrected chi connectivity index (χ0v) is 51.6. The molecule has 0 saturated carbocycles. The van der Waals surface area contributed by atoms with Gasteiger partial charge in [0, 0.05) is 6.42 Å². The van der Waals surface area contributed by atoms with Crippen molar-refractivity contribution in [3.8, 4) is 0 Å². The molecule has 0 bridgehead atoms. The van der Waals surface area contributed by atoms with Crippen molar-refractivity contribution >= 4 is 5.91 Å². The SMILES string of the molecule is CC/C=C\C/C=C\C/C=C\C/C=C\C/C=C\CCCCCCCCCCCCCCCCCCCC(=O)NC(COC1OC(CO)C(O)C(O)C1O)C(O)/C=C/CC/C=C/CC/C=C/CCCCCCCCCCCCCCCC. The van der Waals surface area contributed by atoms with Crippen molar-refractivity contribution in [2.45, 2.75) is 333 Å². The second kappa shape index (κ2) is 59.3. The Kier molecular flexibility index (Phi) is 55.7. The Morgan fingerprint density at radius 1 is 0.438 bits per heavy atom. The third-order valence-corrected chi connectivity index (χ3v) is 15.4. The molecule has 0 spiro atoms. The van der Waals surface area contributed by atoms with Gasteiger partial charge in [0.05, 0.1) is 25.4 Å². The molecule has 0 radical (unpaired) electrons. The van der Waals surface area contributed by atoms with Gasteiger partial charge in [-0.3, -0.25) is 4.79 Å². The summed E-state index contributed by atoms with van der Waals surface area (Å²) in [5, 5.41) is 54.7. The molecule has 6 N–H and O–H groups in total. The quantitative estimate of drug-likeness (QED) is 0.0261. The molecule has 80 heavy (non-hydrogen) atoms. The summed E-state index contributed by atoms with van der Waals surface area (Å²) in [6, 6.07) is -0.834. The van der Waals surface area contributed by atoms with Crippen LogP contribution in [0.25, 0.3) is 0 Å². The van der Waals surface area contributed by atoms with E-state index >= 15 is 0 Å². The van der Waals surface area contributed by atoms with Gasteiger partial charge in [-0.15, -0.1) is 0 Å². The highest BCUT2D eigenvalue weighted by Crippen LogP contribution is 2.23. The van der Waals surface area contributed by atoms with Gasteiger partial charge in [0.1, 0.15) is 24.4 Å². The Hall–Kier alpha value is -2.89. The summed E-state index contributed by atoms with van der Waals surface area (Å²) in [5.74, 6) is -0.190. The number of ether oxygens (including phenoxy) is 2. The van der Waals surface area contributed by atoms with Crippen molar-refractivity contribution in [3.63, 3.8) is 0 Å². The first-order valence-corrected chi connectivity index (χ1v) is 33.5. The van der Waals surface area contributed by atoms with Crippen LogP contribution in [-0.4, -0.2) is 87.5 Å². The van der Waals surface area contributed by atoms with Crippen molar-refractivity contribution < 1.29 is 39.8 Å². The van der Waals surface area contributed by atoms with E-state index in [4.69, 9.17) is 9.47 Å². The number of carbonyl (C=O) groups is 1. The van der Waals surface area contributed by atoms with Gasteiger partial charge in [-0.05, 0) is 89.9 Å². The van der Waals surface area contributed by atoms with E-state index in [1.165, 1.54) is 193 Å². The maximum atomic E-state index is 13.1. The molecule has 1 aliphatic heterocycles. The molecule has 1 saturated heterocycles. The standard InChI is InChI=1S/C71H125NO8/c1-3-5-7-9-11-13-15-17-19-21-23-25-27-29-30-31-32-33-34-35-36-37-39-41-43-45-47-49-51-53-55-57-59-61-67(75)72-64(63-79-71-70(78)69(77)68(76)66(62-73)80-71)65(74)60-58-56-54-52-50-48-46-44-42-40-38-28-26-24-22-20-18-16-14-12-10-8-6-4-2/h5,7,11,13,17,19,23,25,29-30,42,44,50,52,58,60,64-66,68-71,73-74,76-78H,3-4,6,8-10,12,14-16,18,20-22,24,26-28,31-41,43,45-49,51,53-57,59,61-63H2,1-2H3,(H,72,75)/b7-5-,13-11-,19-17-,25-23-,30-29-,44-42+,52-50+,60-58+. The Labute approximate surface area is 492 Å². The maximum absolute atomic E-state index is 13.1. The summed E-state index contributed by atoms with van der Waals surface area (Å²) < 4.78 is 11.3. The minimum atomic E-state index is -1.58. The number of aliphatic hydroxyl groups excluding tert-OH is 5. The van der Waals surface area contributed by atoms with Crippen LogP contribution in [-0.2, 0) is 14.3 Å². The molecule has 1 aliphatic rings. The first-order valence-electron chi connectivity index (χ1n) is 33.5. The van der Waals surface area contributed by atoms with E-state index in [9.17, 15) is 30.3 Å². The van der Waals surface area contributed by atoms with Crippen molar-refractivity contribution in [3.05, 3.63) is 97.2 Å². The van der Waals surface area contributed by atoms with E-state index in [1.54, 1.807) is 6.08 Å². The van der Waals surface area contributed by atoms with E-state index in [2.05, 4.69) is 104 Å². The third kappa shape index (κ3) is 47.6. The molecule has 1 fully saturated rings. The summed E-state index contributed by atoms with van der Waals surface area (Å²) in [6.45, 7) is 3.67. The molecule has 9 heteroatoms. The molecule has 1 amide bonds. The molecule has 462 valence electrons. The van der Waals surface area contributed by atoms with Gasteiger partial charge < -0.3 is 40.3 Å². The van der Waals surface area contributed by atoms with Crippen LogP contribution in [0.2, 0.25) is 0 Å². The van der Waals surface area contributed by atoms with Crippen molar-refractivity contribution in [1.29, 1.82) is 0 Å². The van der Waals surface area contributed by atoms with E-state index < -0.39 is 49.5 Å². The molecular weight excluding hydrogens is 995 g/mol. The van der Waals surface area contributed by atoms with E-state index in [0.717, 1.165) is 77.0 Å². The number of nitrogens with one attached hydrogen (secondary N) is 1. The average Bonchev–Trinajstić information content (AvgIpc) is 3.46. The lowest BCUT2D eigenvalue weighted by molar-refractivity contribution is -0.302. The van der Waals surface area contributed by atoms with E-state index in [0.29, 0.717) is 6.42 Å². The van der Waals surface area contributed by atoms with Crippen LogP contribution in [0.5, 0.6) is 0 Å². The lowest BCUT2D eigenvalue weighted by atomic mass is 9.99. The summed E-state index contributed by atoms with van der Waals surface area (Å²) in [4.78, 5) is 13.1. The number of rotatable bonds is 57. The predicted octanol–water partition coefficient (Wildman–Crippen LogP) is 17.9. The maximum Gasteiger partial charge on any atom is 0.220 e. The highest BCUT2D eigenvalue weighted by atomic mass is 16.7. The fourth-order valence-electron chi connectivity index (χ4n) is 10.2. The zero-order valence-electron chi connectivity index (χ0n) is 51.6. The number of carbonyl (C=O) groups excluding carboxylic acids is 1. The average molecular weight is 1120 g/mol. The topological polar surface area (TPSA) is 149 Å². The molecule has 7 unspecified atom stereocenters. The number of hydrogen-bond donors (Lipinski definition) is 6. The summed E-state index contributed by atoms with van der Waals surface area (Å²) >= 11 is 0. The summed E-state index contributed by atoms with van der Waals surface area (Å²) in [6.07, 6.45) is 79.3. The van der Waals surface area contributed by atoms with E-state index in [1.807, 2.05) is 6.08 Å². The molecule has 0 aliphatic carbocycles. The summed E-state index contributed by atoms with van der Waals surface area (Å²) in [5.41, 5.74) is 0. The van der Waals surface area contributed by atoms with Crippen LogP contribution in [0.15, 0.2) is 97.2 Å². The highest BCUT2D eigenvalue weighted by Gasteiger charge is 2.44. The Balaban J connectivity index is 2.17. The molecule has 9 nitrogen and oxygen atoms in total. The van der Waals surface area contributed by atoms with Crippen molar-refractivity contribution in [2.75, 3.05) is 13.2 Å². The predicted molar refractivity (Wildman–Crippen MR) is 341 cm³/mol. The summed E-state index contributed by atoms with van der Waals surface area (Å²) in [7, 11) is 0. The molecule has 1 rings (SSSR count). The first kappa shape index (κ1) is 75.1. The molecule has 0 aromatic rings. The second-order valence-corrected chi connectivity index (χ2v) is 22.9. The lowest BCUT2D eigenvalue weighted by Crippen LogP contribution is -2.60. The van der Waals surface area contributed by atoms with Gasteiger partial charge in [-0.1, -0.05) is 291 Å². The van der Waals surface area contributed by atoms with Gasteiger partial charge in [0.25, 0.3) is 0 Å². The van der Waals surface area contributed by atoms with Gasteiger partial charge in [0.15, 0.2) is 6.29 Å². The van der Waals surface area contributed by atoms with Gasteiger partial charge in [-0.25, -0.2) is 0 Å².